The third-order valence-corrected chi connectivity index (χ3v) is 3.17. The number of rotatable bonds is 3. The summed E-state index contributed by atoms with van der Waals surface area (Å²) >= 11 is 0. The first-order chi connectivity index (χ1) is 10.4. The number of ether oxygens (including phenoxy) is 4. The summed E-state index contributed by atoms with van der Waals surface area (Å²) in [4.78, 5) is 4.33. The summed E-state index contributed by atoms with van der Waals surface area (Å²) in [5.74, 6) is 2.95. The Morgan fingerprint density at radius 2 is 1.48 bits per heavy atom. The fourth-order valence-electron chi connectivity index (χ4n) is 2.13. The maximum atomic E-state index is 5.32. The molecule has 2 aromatic carbocycles. The van der Waals surface area contributed by atoms with Gasteiger partial charge in [-0.15, -0.1) is 0 Å². The Morgan fingerprint density at radius 3 is 2.29 bits per heavy atom. The van der Waals surface area contributed by atoms with Gasteiger partial charge in [0.05, 0.1) is 12.0 Å². The van der Waals surface area contributed by atoms with Crippen LogP contribution in [0, 0.1) is 0 Å². The van der Waals surface area contributed by atoms with Crippen LogP contribution >= 0.6 is 0 Å². The Morgan fingerprint density at radius 1 is 0.810 bits per heavy atom. The van der Waals surface area contributed by atoms with Crippen LogP contribution in [0.15, 0.2) is 41.4 Å². The smallest absolute Gasteiger partial charge is 0.231 e. The molecule has 0 saturated heterocycles. The first-order valence-corrected chi connectivity index (χ1v) is 6.47. The van der Waals surface area contributed by atoms with Crippen LogP contribution in [-0.4, -0.2) is 19.9 Å². The van der Waals surface area contributed by atoms with Crippen molar-refractivity contribution in [2.45, 2.75) is 0 Å². The highest BCUT2D eigenvalue weighted by Gasteiger charge is 2.13. The van der Waals surface area contributed by atoms with Gasteiger partial charge in [0, 0.05) is 17.8 Å². The highest BCUT2D eigenvalue weighted by molar-refractivity contribution is 5.79. The third-order valence-electron chi connectivity index (χ3n) is 3.17. The largest absolute Gasteiger partial charge is 0.454 e. The fourth-order valence-corrected chi connectivity index (χ4v) is 2.13. The molecular weight excluding hydrogens is 272 g/mol. The molecule has 0 spiro atoms. The predicted molar refractivity (Wildman–Crippen MR) is 76.9 cm³/mol. The Labute approximate surface area is 120 Å². The van der Waals surface area contributed by atoms with Crippen molar-refractivity contribution < 1.29 is 18.9 Å². The second-order valence-corrected chi connectivity index (χ2v) is 4.51. The van der Waals surface area contributed by atoms with Crippen molar-refractivity contribution in [2.75, 3.05) is 18.9 Å². The van der Waals surface area contributed by atoms with Gasteiger partial charge in [-0.05, 0) is 24.3 Å². The number of nitrogens with zero attached hydrogens (tertiary/aromatic N) is 1. The first kappa shape index (κ1) is 11.9. The van der Waals surface area contributed by atoms with Crippen LogP contribution in [0.25, 0.3) is 0 Å². The number of benzene rings is 2. The third kappa shape index (κ3) is 2.31. The highest BCUT2D eigenvalue weighted by Crippen LogP contribution is 2.35. The molecule has 0 atom stereocenters. The molecule has 4 rings (SSSR count). The Bertz CT molecular complexity index is 715. The van der Waals surface area contributed by atoms with Crippen molar-refractivity contribution in [1.29, 1.82) is 0 Å². The topological polar surface area (TPSA) is 61.3 Å². The lowest BCUT2D eigenvalue weighted by molar-refractivity contribution is 0.173. The average Bonchev–Trinajstić information content (AvgIpc) is 3.14. The molecule has 1 N–H and O–H groups in total. The SMILES string of the molecule is C(=Nc1ccc2c(c1)OCO2)Nc1ccc2c(c1)OCO2. The zero-order chi connectivity index (χ0) is 14.1. The van der Waals surface area contributed by atoms with E-state index in [4.69, 9.17) is 18.9 Å². The van der Waals surface area contributed by atoms with E-state index >= 15 is 0 Å². The van der Waals surface area contributed by atoms with Gasteiger partial charge in [0.15, 0.2) is 23.0 Å². The number of anilines is 1. The van der Waals surface area contributed by atoms with Gasteiger partial charge in [-0.2, -0.15) is 0 Å². The van der Waals surface area contributed by atoms with Crippen LogP contribution in [0.5, 0.6) is 23.0 Å². The van der Waals surface area contributed by atoms with Gasteiger partial charge in [0.1, 0.15) is 0 Å². The van der Waals surface area contributed by atoms with E-state index in [1.807, 2.05) is 36.4 Å². The van der Waals surface area contributed by atoms with Crippen LogP contribution in [0.3, 0.4) is 0 Å². The minimum absolute atomic E-state index is 0.262. The summed E-state index contributed by atoms with van der Waals surface area (Å²) in [6.45, 7) is 0.530. The minimum atomic E-state index is 0.262. The van der Waals surface area contributed by atoms with Crippen molar-refractivity contribution in [1.82, 2.24) is 0 Å². The van der Waals surface area contributed by atoms with Gasteiger partial charge in [-0.3, -0.25) is 0 Å². The summed E-state index contributed by atoms with van der Waals surface area (Å²) < 4.78 is 21.1. The van der Waals surface area contributed by atoms with E-state index < -0.39 is 0 Å². The van der Waals surface area contributed by atoms with Gasteiger partial charge in [0.25, 0.3) is 0 Å². The zero-order valence-electron chi connectivity index (χ0n) is 11.0. The molecule has 0 unspecified atom stereocenters. The molecule has 6 nitrogen and oxygen atoms in total. The van der Waals surface area contributed by atoms with Gasteiger partial charge < -0.3 is 24.3 Å². The Balaban J connectivity index is 1.46. The summed E-state index contributed by atoms with van der Waals surface area (Å²) in [5, 5.41) is 3.09. The predicted octanol–water partition coefficient (Wildman–Crippen LogP) is 2.92. The maximum Gasteiger partial charge on any atom is 0.231 e. The van der Waals surface area contributed by atoms with Crippen molar-refractivity contribution in [3.05, 3.63) is 36.4 Å². The number of nitrogens with one attached hydrogen (secondary N) is 1. The summed E-state index contributed by atoms with van der Waals surface area (Å²) in [6.07, 6.45) is 1.62. The molecule has 0 radical (unpaired) electrons. The van der Waals surface area contributed by atoms with Crippen LogP contribution < -0.4 is 24.3 Å². The number of aliphatic imine (C=N–C) groups is 1. The van der Waals surface area contributed by atoms with Crippen LogP contribution in [0.1, 0.15) is 0 Å². The van der Waals surface area contributed by atoms with E-state index in [2.05, 4.69) is 10.3 Å². The van der Waals surface area contributed by atoms with Crippen molar-refractivity contribution >= 4 is 17.7 Å². The molecular formula is C15H12N2O4. The molecule has 21 heavy (non-hydrogen) atoms. The van der Waals surface area contributed by atoms with Crippen LogP contribution in [0.2, 0.25) is 0 Å². The number of fused-ring (bicyclic) bond motifs is 2. The van der Waals surface area contributed by atoms with Crippen molar-refractivity contribution in [2.24, 2.45) is 4.99 Å². The van der Waals surface area contributed by atoms with Crippen LogP contribution in [-0.2, 0) is 0 Å². The monoisotopic (exact) mass is 284 g/mol. The van der Waals surface area contributed by atoms with E-state index in [0.717, 1.165) is 28.6 Å². The lowest BCUT2D eigenvalue weighted by Gasteiger charge is -2.02. The van der Waals surface area contributed by atoms with Crippen molar-refractivity contribution in [3.63, 3.8) is 0 Å². The molecule has 0 saturated carbocycles. The molecule has 6 heteroatoms. The molecule has 0 bridgehead atoms. The molecule has 2 aliphatic rings. The zero-order valence-corrected chi connectivity index (χ0v) is 11.0. The molecule has 106 valence electrons. The van der Waals surface area contributed by atoms with Gasteiger partial charge in [0.2, 0.25) is 13.6 Å². The van der Waals surface area contributed by atoms with E-state index in [9.17, 15) is 0 Å². The summed E-state index contributed by atoms with van der Waals surface area (Å²) in [5.41, 5.74) is 1.66. The van der Waals surface area contributed by atoms with E-state index in [1.165, 1.54) is 0 Å². The molecule has 0 aliphatic carbocycles. The van der Waals surface area contributed by atoms with Crippen molar-refractivity contribution in [3.8, 4) is 23.0 Å². The summed E-state index contributed by atoms with van der Waals surface area (Å²) in [6, 6.07) is 11.2. The Hall–Kier alpha value is -2.89. The van der Waals surface area contributed by atoms with Crippen LogP contribution in [0.4, 0.5) is 11.4 Å². The lowest BCUT2D eigenvalue weighted by Crippen LogP contribution is -1.94. The van der Waals surface area contributed by atoms with E-state index in [0.29, 0.717) is 5.75 Å². The Kier molecular flexibility index (Phi) is 2.77. The molecule has 2 aromatic rings. The lowest BCUT2D eigenvalue weighted by atomic mass is 10.3. The fraction of sp³-hybridized carbons (Fsp3) is 0.133. The molecule has 2 aliphatic heterocycles. The first-order valence-electron chi connectivity index (χ1n) is 6.47. The van der Waals surface area contributed by atoms with Gasteiger partial charge >= 0.3 is 0 Å². The van der Waals surface area contributed by atoms with Gasteiger partial charge in [-0.25, -0.2) is 4.99 Å². The molecule has 2 heterocycles. The quantitative estimate of drug-likeness (QED) is 0.693. The number of hydrogen-bond donors (Lipinski definition) is 1. The standard InChI is InChI=1S/C15H12N2O4/c1-3-12-14(20-8-18-12)5-10(1)16-7-17-11-2-4-13-15(6-11)21-9-19-13/h1-7H,8-9H2,(H,16,17). The van der Waals surface area contributed by atoms with E-state index in [1.54, 1.807) is 6.34 Å². The second-order valence-electron chi connectivity index (χ2n) is 4.51. The van der Waals surface area contributed by atoms with Gasteiger partial charge in [-0.1, -0.05) is 0 Å². The highest BCUT2D eigenvalue weighted by atomic mass is 16.7. The second kappa shape index (κ2) is 4.90. The average molecular weight is 284 g/mol. The maximum absolute atomic E-state index is 5.32. The summed E-state index contributed by atoms with van der Waals surface area (Å²) in [7, 11) is 0. The molecule has 0 amide bonds. The van der Waals surface area contributed by atoms with E-state index in [-0.39, 0.29) is 13.6 Å². The minimum Gasteiger partial charge on any atom is -0.454 e. The normalized spacial score (nSPS) is 14.7. The molecule has 0 fully saturated rings. The molecule has 0 aromatic heterocycles. The number of hydrogen-bond acceptors (Lipinski definition) is 5.